The topological polar surface area (TPSA) is 471 Å². The number of rotatable bonds is 31. The fourth-order valence-electron chi connectivity index (χ4n) is 11.2. The molecule has 0 aromatic carbocycles. The van der Waals surface area contributed by atoms with Crippen LogP contribution in [-0.2, 0) is 66.6 Å². The second-order valence-corrected chi connectivity index (χ2v) is 23.6. The van der Waals surface area contributed by atoms with Crippen LogP contribution in [0.25, 0.3) is 0 Å². The molecule has 0 aromatic heterocycles. The lowest BCUT2D eigenvalue weighted by Gasteiger charge is -2.50. The van der Waals surface area contributed by atoms with Crippen LogP contribution in [0.4, 0.5) is 0 Å². The summed E-state index contributed by atoms with van der Waals surface area (Å²) in [6.07, 6.45) is -6.61. The molecule has 5 rings (SSSR count). The van der Waals surface area contributed by atoms with Gasteiger partial charge in [0.1, 0.15) is 103 Å². The maximum Gasteiger partial charge on any atom is 0.220 e. The zero-order chi connectivity index (χ0) is 68.1. The first kappa shape index (κ1) is 81.5. The van der Waals surface area contributed by atoms with E-state index in [0.29, 0.717) is 6.42 Å². The Morgan fingerprint density at radius 1 is 0.396 bits per heavy atom. The highest BCUT2D eigenvalue weighted by atomic mass is 16.7. The van der Waals surface area contributed by atoms with Crippen LogP contribution in [0.15, 0.2) is 12.2 Å². The van der Waals surface area contributed by atoms with Crippen LogP contribution in [-0.4, -0.2) is 278 Å². The molecule has 5 heterocycles. The predicted octanol–water partition coefficient (Wildman–Crippen LogP) is -3.28. The van der Waals surface area contributed by atoms with Gasteiger partial charge in [-0.25, -0.2) is 0 Å². The van der Waals surface area contributed by atoms with E-state index >= 15 is 0 Å². The number of hydrogen-bond acceptors (Lipinski definition) is 26. The first-order chi connectivity index (χ1) is 43.3. The van der Waals surface area contributed by atoms with E-state index in [-0.39, 0.29) is 12.3 Å². The van der Waals surface area contributed by atoms with E-state index in [0.717, 1.165) is 46.0 Å². The van der Waals surface area contributed by atoms with E-state index in [2.05, 4.69) is 59.5 Å². The number of carbonyl (C=O) groups is 5. The SMILES string of the molecule is CC(=O)NC1C(O)OC(CO)C(OC2OC(CO)C(OC3OC(CO)C(C)C(O)C3NC(C)=O)C(O)C2NC(C)=O)C1O.CCC/C=C\CCCCCC.CCCCCCCCC(=O)NC1C(OC2C(CO)OC(OC)C(NC(C)=O)C2O)OC(CO)C(O)C1O. The third kappa shape index (κ3) is 25.1. The van der Waals surface area contributed by atoms with Crippen molar-refractivity contribution in [3.63, 3.8) is 0 Å². The molecule has 0 aromatic rings. The maximum atomic E-state index is 12.6. The zero-order valence-electron chi connectivity index (χ0n) is 54.1. The van der Waals surface area contributed by atoms with Crippen LogP contribution >= 0.6 is 0 Å². The molecule has 0 saturated carbocycles. The van der Waals surface area contributed by atoms with Gasteiger partial charge in [-0.3, -0.25) is 24.0 Å². The van der Waals surface area contributed by atoms with Crippen LogP contribution in [0.5, 0.6) is 0 Å². The van der Waals surface area contributed by atoms with Crippen molar-refractivity contribution in [3.05, 3.63) is 12.2 Å². The molecule has 5 aliphatic rings. The van der Waals surface area contributed by atoms with Crippen LogP contribution in [0.2, 0.25) is 0 Å². The van der Waals surface area contributed by atoms with E-state index in [1.165, 1.54) is 65.9 Å². The number of allylic oxidation sites excluding steroid dienone is 2. The Morgan fingerprint density at radius 3 is 1.21 bits per heavy atom. The molecule has 31 heteroatoms. The van der Waals surface area contributed by atoms with Gasteiger partial charge in [0.25, 0.3) is 0 Å². The van der Waals surface area contributed by atoms with Gasteiger partial charge in [0.05, 0.1) is 45.2 Å². The van der Waals surface area contributed by atoms with Gasteiger partial charge in [-0.1, -0.05) is 97.6 Å². The minimum atomic E-state index is -1.71. The number of aliphatic hydroxyl groups excluding tert-OH is 12. The molecule has 31 nitrogen and oxygen atoms in total. The first-order valence-corrected chi connectivity index (χ1v) is 31.9. The molecule has 5 aliphatic heterocycles. The van der Waals surface area contributed by atoms with Gasteiger partial charge in [-0.15, -0.1) is 0 Å². The minimum Gasteiger partial charge on any atom is -0.394 e. The van der Waals surface area contributed by atoms with Crippen molar-refractivity contribution in [1.29, 1.82) is 0 Å². The summed E-state index contributed by atoms with van der Waals surface area (Å²) in [6, 6.07) is -6.31. The standard InChI is InChI=1S/C25H43N3O15.C24H44N2O11.C11H22/c1-8-12(5-29)40-24(16(18(8)35)27-10(3)33)43-22-14(7-31)41-25(17(20(22)37)28-11(4)34)42-21-13(6-30)39-23(38)15(19(21)36)26-9(2)32;1-4-5-6-7-8-9-10-16(30)26-17-20(32)19(31)14(11-27)35-24(17)37-22-15(12-28)36-23(34-3)18(21(22)33)25-13(2)29;1-3-5-7-9-11-10-8-6-4-2/h8,12-25,29-31,35-38H,5-7H2,1-4H3,(H,26,32)(H,27,33)(H,28,34);14-15,17-24,27-28,31-33H,4-12H2,1-3H3,(H,25,29)(H,26,30);7,9H,3-6,8,10-11H2,1-2H3/b;;9-7-. The molecule has 17 N–H and O–H groups in total. The molecule has 5 saturated heterocycles. The number of nitrogens with one attached hydrogen (secondary N) is 5. The number of amides is 5. The van der Waals surface area contributed by atoms with Crippen molar-refractivity contribution in [2.45, 2.75) is 292 Å². The van der Waals surface area contributed by atoms with E-state index in [9.17, 15) is 85.3 Å². The van der Waals surface area contributed by atoms with Crippen molar-refractivity contribution in [2.24, 2.45) is 5.92 Å². The Bertz CT molecular complexity index is 2130. The Labute approximate surface area is 533 Å². The highest BCUT2D eigenvalue weighted by Gasteiger charge is 2.55. The molecular weight excluding hydrogens is 1210 g/mol. The van der Waals surface area contributed by atoms with Crippen LogP contribution < -0.4 is 26.6 Å². The summed E-state index contributed by atoms with van der Waals surface area (Å²) < 4.78 is 51.2. The van der Waals surface area contributed by atoms with E-state index in [1.54, 1.807) is 6.92 Å². The Kier molecular flexibility index (Phi) is 38.2. The van der Waals surface area contributed by atoms with Gasteiger partial charge in [0, 0.05) is 47.1 Å². The summed E-state index contributed by atoms with van der Waals surface area (Å²) in [5.74, 6) is -3.28. The smallest absolute Gasteiger partial charge is 0.220 e. The second-order valence-electron chi connectivity index (χ2n) is 23.6. The van der Waals surface area contributed by atoms with Gasteiger partial charge in [-0.05, 0) is 25.7 Å². The average molecular weight is 1320 g/mol. The van der Waals surface area contributed by atoms with E-state index in [4.69, 9.17) is 42.6 Å². The quantitative estimate of drug-likeness (QED) is 0.0239. The molecule has 5 amide bonds. The number of methoxy groups -OCH3 is 1. The maximum absolute atomic E-state index is 12.6. The average Bonchev–Trinajstić information content (AvgIpc) is 3.69. The number of unbranched alkanes of at least 4 members (excludes halogenated alkanes) is 10. The van der Waals surface area contributed by atoms with Gasteiger partial charge >= 0.3 is 0 Å². The largest absolute Gasteiger partial charge is 0.394 e. The summed E-state index contributed by atoms with van der Waals surface area (Å²) in [7, 11) is 1.31. The number of ether oxygens (including phenoxy) is 9. The van der Waals surface area contributed by atoms with E-state index < -0.39 is 210 Å². The van der Waals surface area contributed by atoms with Crippen LogP contribution in [0.1, 0.15) is 145 Å². The van der Waals surface area contributed by atoms with Gasteiger partial charge in [0.2, 0.25) is 29.5 Å². The molecule has 0 spiro atoms. The lowest BCUT2D eigenvalue weighted by molar-refractivity contribution is -0.349. The highest BCUT2D eigenvalue weighted by Crippen LogP contribution is 2.35. The Morgan fingerprint density at radius 2 is 0.758 bits per heavy atom. The fraction of sp³-hybridized carbons (Fsp3) is 0.883. The van der Waals surface area contributed by atoms with Gasteiger partial charge in [0.15, 0.2) is 31.5 Å². The summed E-state index contributed by atoms with van der Waals surface area (Å²) >= 11 is 0. The second kappa shape index (κ2) is 42.6. The normalized spacial score (nSPS) is 36.6. The number of aliphatic hydroxyl groups is 12. The molecule has 0 radical (unpaired) electrons. The highest BCUT2D eigenvalue weighted by molar-refractivity contribution is 5.76. The molecule has 25 unspecified atom stereocenters. The van der Waals surface area contributed by atoms with Crippen molar-refractivity contribution >= 4 is 29.5 Å². The third-order valence-corrected chi connectivity index (χ3v) is 16.3. The summed E-state index contributed by atoms with van der Waals surface area (Å²) in [5, 5.41) is 137. The lowest BCUT2D eigenvalue weighted by atomic mass is 9.89. The third-order valence-electron chi connectivity index (χ3n) is 16.3. The Hall–Kier alpha value is -3.75. The Balaban J connectivity index is 0.000000411. The molecule has 0 aliphatic carbocycles. The molecule has 530 valence electrons. The first-order valence-electron chi connectivity index (χ1n) is 31.9. The number of hydrogen-bond donors (Lipinski definition) is 17. The monoisotopic (exact) mass is 1320 g/mol. The fourth-order valence-corrected chi connectivity index (χ4v) is 11.2. The predicted molar refractivity (Wildman–Crippen MR) is 321 cm³/mol. The van der Waals surface area contributed by atoms with Crippen molar-refractivity contribution in [1.82, 2.24) is 26.6 Å². The van der Waals surface area contributed by atoms with Crippen molar-refractivity contribution in [2.75, 3.05) is 40.1 Å². The summed E-state index contributed by atoms with van der Waals surface area (Å²) in [4.78, 5) is 59.9. The molecule has 91 heavy (non-hydrogen) atoms. The summed E-state index contributed by atoms with van der Waals surface area (Å²) in [5.41, 5.74) is 0. The van der Waals surface area contributed by atoms with Gasteiger partial charge < -0.3 is 130 Å². The molecular formula is C60H109N5O26. The van der Waals surface area contributed by atoms with E-state index in [1.807, 2.05) is 0 Å². The summed E-state index contributed by atoms with van der Waals surface area (Å²) in [6.45, 7) is 9.64. The molecule has 25 atom stereocenters. The van der Waals surface area contributed by atoms with Crippen molar-refractivity contribution < 1.29 is 128 Å². The van der Waals surface area contributed by atoms with Crippen molar-refractivity contribution in [3.8, 4) is 0 Å². The van der Waals surface area contributed by atoms with Crippen LogP contribution in [0.3, 0.4) is 0 Å². The minimum absolute atomic E-state index is 0.191. The number of carbonyl (C=O) groups excluding carboxylic acids is 5. The molecule has 5 fully saturated rings. The lowest BCUT2D eigenvalue weighted by Crippen LogP contribution is -2.70. The van der Waals surface area contributed by atoms with Crippen LogP contribution in [0, 0.1) is 5.92 Å². The molecule has 0 bridgehead atoms. The van der Waals surface area contributed by atoms with Gasteiger partial charge in [-0.2, -0.15) is 0 Å². The zero-order valence-corrected chi connectivity index (χ0v) is 54.1.